The van der Waals surface area contributed by atoms with Gasteiger partial charge in [0.05, 0.1) is 12.2 Å². The number of hydrogen-bond acceptors (Lipinski definition) is 5. The highest BCUT2D eigenvalue weighted by atomic mass is 32.1. The second-order valence-corrected chi connectivity index (χ2v) is 7.04. The molecule has 2 heterocycles. The molecule has 0 bridgehead atoms. The van der Waals surface area contributed by atoms with Crippen molar-refractivity contribution in [1.82, 2.24) is 9.78 Å². The summed E-state index contributed by atoms with van der Waals surface area (Å²) >= 11 is 1.30. The zero-order chi connectivity index (χ0) is 18.1. The minimum Gasteiger partial charge on any atom is -0.448 e. The quantitative estimate of drug-likeness (QED) is 0.711. The Kier molecular flexibility index (Phi) is 4.59. The van der Waals surface area contributed by atoms with Gasteiger partial charge in [0.25, 0.3) is 5.91 Å². The number of aryl methyl sites for hydroxylation is 2. The molecule has 0 radical (unpaired) electrons. The molecule has 0 fully saturated rings. The van der Waals surface area contributed by atoms with Gasteiger partial charge in [-0.3, -0.25) is 9.48 Å². The molecule has 7 heteroatoms. The molecule has 0 spiro atoms. The number of nitrogens with zero attached hydrogens (tertiary/aromatic N) is 2. The largest absolute Gasteiger partial charge is 0.448 e. The fraction of sp³-hybridized carbons (Fsp3) is 0.278. The summed E-state index contributed by atoms with van der Waals surface area (Å²) in [5.41, 5.74) is 8.32. The Morgan fingerprint density at radius 2 is 1.96 bits per heavy atom. The zero-order valence-corrected chi connectivity index (χ0v) is 15.1. The summed E-state index contributed by atoms with van der Waals surface area (Å²) in [6.45, 7) is 6.03. The van der Waals surface area contributed by atoms with Crippen molar-refractivity contribution in [3.05, 3.63) is 52.0 Å². The van der Waals surface area contributed by atoms with Crippen LogP contribution in [0.5, 0.6) is 0 Å². The maximum atomic E-state index is 12.2. The van der Waals surface area contributed by atoms with Gasteiger partial charge < -0.3 is 10.5 Å². The van der Waals surface area contributed by atoms with Crippen LogP contribution in [0.4, 0.5) is 0 Å². The fourth-order valence-electron chi connectivity index (χ4n) is 2.46. The highest BCUT2D eigenvalue weighted by Crippen LogP contribution is 2.29. The lowest BCUT2D eigenvalue weighted by Crippen LogP contribution is -2.30. The fourth-order valence-corrected chi connectivity index (χ4v) is 3.51. The van der Waals surface area contributed by atoms with Crippen LogP contribution in [-0.2, 0) is 16.1 Å². The van der Waals surface area contributed by atoms with Crippen molar-refractivity contribution in [3.63, 3.8) is 0 Å². The Hall–Kier alpha value is -2.67. The van der Waals surface area contributed by atoms with Crippen molar-refractivity contribution in [1.29, 1.82) is 0 Å². The van der Waals surface area contributed by atoms with Gasteiger partial charge in [-0.1, -0.05) is 29.8 Å². The molecule has 1 aromatic carbocycles. The molecule has 0 aliphatic heterocycles. The maximum Gasteiger partial charge on any atom is 0.349 e. The third-order valence-corrected chi connectivity index (χ3v) is 5.07. The average Bonchev–Trinajstić information content (AvgIpc) is 3.11. The monoisotopic (exact) mass is 357 g/mol. The maximum absolute atomic E-state index is 12.2. The van der Waals surface area contributed by atoms with E-state index in [-0.39, 0.29) is 0 Å². The van der Waals surface area contributed by atoms with Crippen LogP contribution in [-0.4, -0.2) is 27.8 Å². The summed E-state index contributed by atoms with van der Waals surface area (Å²) < 4.78 is 6.96. The van der Waals surface area contributed by atoms with Gasteiger partial charge in [0, 0.05) is 5.39 Å². The van der Waals surface area contributed by atoms with Crippen LogP contribution >= 0.6 is 11.3 Å². The molecule has 0 saturated carbocycles. The first-order valence-electron chi connectivity index (χ1n) is 7.88. The molecule has 130 valence electrons. The standard InChI is InChI=1S/C18H19N3O3S/c1-10-4-6-13(7-5-10)9-21-17-14(11(2)20-21)8-15(25-17)18(23)24-12(3)16(19)22/h4-8,12H,9H2,1-3H3,(H2,19,22)/t12-/m0/s1. The number of carbonyl (C=O) groups is 2. The van der Waals surface area contributed by atoms with Crippen molar-refractivity contribution in [2.75, 3.05) is 0 Å². The van der Waals surface area contributed by atoms with Crippen LogP contribution in [0.1, 0.15) is 33.4 Å². The van der Waals surface area contributed by atoms with E-state index in [1.807, 2.05) is 18.5 Å². The SMILES string of the molecule is Cc1ccc(Cn2nc(C)c3cc(C(=O)O[C@@H](C)C(N)=O)sc32)cc1. The van der Waals surface area contributed by atoms with Crippen molar-refractivity contribution in [3.8, 4) is 0 Å². The van der Waals surface area contributed by atoms with Crippen LogP contribution in [0.15, 0.2) is 30.3 Å². The van der Waals surface area contributed by atoms with Gasteiger partial charge >= 0.3 is 5.97 Å². The molecule has 0 aliphatic carbocycles. The Morgan fingerprint density at radius 3 is 2.60 bits per heavy atom. The Morgan fingerprint density at radius 1 is 1.28 bits per heavy atom. The number of esters is 1. The number of carbonyl (C=O) groups excluding carboxylic acids is 2. The van der Waals surface area contributed by atoms with Gasteiger partial charge in [-0.2, -0.15) is 5.10 Å². The number of nitrogens with two attached hydrogens (primary N) is 1. The highest BCUT2D eigenvalue weighted by Gasteiger charge is 2.21. The van der Waals surface area contributed by atoms with Crippen molar-refractivity contribution < 1.29 is 14.3 Å². The molecule has 1 amide bonds. The van der Waals surface area contributed by atoms with Crippen LogP contribution in [0.25, 0.3) is 10.2 Å². The van der Waals surface area contributed by atoms with E-state index in [2.05, 4.69) is 29.4 Å². The third-order valence-electron chi connectivity index (χ3n) is 3.95. The molecule has 0 saturated heterocycles. The van der Waals surface area contributed by atoms with Crippen LogP contribution in [0.2, 0.25) is 0 Å². The Balaban J connectivity index is 1.89. The number of rotatable bonds is 5. The smallest absolute Gasteiger partial charge is 0.349 e. The number of hydrogen-bond donors (Lipinski definition) is 1. The minimum absolute atomic E-state index is 0.432. The summed E-state index contributed by atoms with van der Waals surface area (Å²) in [6, 6.07) is 10.0. The van der Waals surface area contributed by atoms with E-state index in [9.17, 15) is 9.59 Å². The number of primary amides is 1. The van der Waals surface area contributed by atoms with Gasteiger partial charge in [-0.15, -0.1) is 11.3 Å². The molecule has 6 nitrogen and oxygen atoms in total. The number of thiophene rings is 1. The van der Waals surface area contributed by atoms with Crippen molar-refractivity contribution in [2.24, 2.45) is 5.73 Å². The van der Waals surface area contributed by atoms with Crippen molar-refractivity contribution >= 4 is 33.4 Å². The first-order valence-corrected chi connectivity index (χ1v) is 8.69. The van der Waals surface area contributed by atoms with Gasteiger partial charge in [0.2, 0.25) is 0 Å². The molecule has 3 aromatic rings. The van der Waals surface area contributed by atoms with Gasteiger partial charge in [0.15, 0.2) is 6.10 Å². The first kappa shape index (κ1) is 17.2. The number of benzene rings is 1. The highest BCUT2D eigenvalue weighted by molar-refractivity contribution is 7.20. The van der Waals surface area contributed by atoms with E-state index in [4.69, 9.17) is 10.5 Å². The van der Waals surface area contributed by atoms with Gasteiger partial charge in [-0.05, 0) is 32.4 Å². The lowest BCUT2D eigenvalue weighted by Gasteiger charge is -2.07. The number of amides is 1. The van der Waals surface area contributed by atoms with Crippen LogP contribution in [0.3, 0.4) is 0 Å². The second-order valence-electron chi connectivity index (χ2n) is 6.01. The molecule has 2 N–H and O–H groups in total. The summed E-state index contributed by atoms with van der Waals surface area (Å²) in [4.78, 5) is 24.6. The molecule has 0 unspecified atom stereocenters. The second kappa shape index (κ2) is 6.68. The molecule has 2 aromatic heterocycles. The van der Waals surface area contributed by atoms with E-state index >= 15 is 0 Å². The van der Waals surface area contributed by atoms with E-state index in [0.29, 0.717) is 11.4 Å². The van der Waals surface area contributed by atoms with Crippen molar-refractivity contribution in [2.45, 2.75) is 33.4 Å². The molecular formula is C18H19N3O3S. The Labute approximate surface area is 149 Å². The third kappa shape index (κ3) is 3.56. The zero-order valence-electron chi connectivity index (χ0n) is 14.3. The average molecular weight is 357 g/mol. The van der Waals surface area contributed by atoms with E-state index in [1.165, 1.54) is 23.8 Å². The summed E-state index contributed by atoms with van der Waals surface area (Å²) in [6.07, 6.45) is -0.956. The van der Waals surface area contributed by atoms with E-state index in [1.54, 1.807) is 6.07 Å². The molecule has 1 atom stereocenters. The van der Waals surface area contributed by atoms with E-state index < -0.39 is 18.0 Å². The first-order chi connectivity index (χ1) is 11.8. The minimum atomic E-state index is -0.956. The molecule has 25 heavy (non-hydrogen) atoms. The lowest BCUT2D eigenvalue weighted by atomic mass is 10.1. The number of ether oxygens (including phenoxy) is 1. The lowest BCUT2D eigenvalue weighted by molar-refractivity contribution is -0.125. The van der Waals surface area contributed by atoms with Crippen LogP contribution in [0, 0.1) is 13.8 Å². The summed E-state index contributed by atoms with van der Waals surface area (Å²) in [7, 11) is 0. The Bertz CT molecular complexity index is 941. The van der Waals surface area contributed by atoms with Gasteiger partial charge in [0.1, 0.15) is 9.71 Å². The summed E-state index contributed by atoms with van der Waals surface area (Å²) in [5, 5.41) is 5.47. The normalized spacial score (nSPS) is 12.3. The topological polar surface area (TPSA) is 87.2 Å². The molecular weight excluding hydrogens is 338 g/mol. The number of fused-ring (bicyclic) bond motifs is 1. The van der Waals surface area contributed by atoms with Crippen LogP contribution < -0.4 is 5.73 Å². The van der Waals surface area contributed by atoms with E-state index in [0.717, 1.165) is 21.5 Å². The number of aromatic nitrogens is 2. The van der Waals surface area contributed by atoms with Gasteiger partial charge in [-0.25, -0.2) is 4.79 Å². The molecule has 0 aliphatic rings. The predicted molar refractivity (Wildman–Crippen MR) is 96.7 cm³/mol. The molecule has 3 rings (SSSR count). The summed E-state index contributed by atoms with van der Waals surface area (Å²) in [5.74, 6) is -1.22. The predicted octanol–water partition coefficient (Wildman–Crippen LogP) is 2.79.